The van der Waals surface area contributed by atoms with E-state index in [1.165, 1.54) is 6.92 Å². The van der Waals surface area contributed by atoms with Gasteiger partial charge in [-0.1, -0.05) is 39.3 Å². The summed E-state index contributed by atoms with van der Waals surface area (Å²) in [6, 6.07) is 0. The first-order valence-corrected chi connectivity index (χ1v) is 15.0. The van der Waals surface area contributed by atoms with Crippen LogP contribution in [-0.4, -0.2) is 48.2 Å². The Balaban J connectivity index is 1.47. The molecule has 7 heteroatoms. The van der Waals surface area contributed by atoms with Gasteiger partial charge in [0.15, 0.2) is 11.5 Å². The number of Topliss-reactive ketones (excluding diaryl/α,β-unsaturated/α-hetero) is 2. The molecular weight excluding hydrogens is 508 g/mol. The Morgan fingerprint density at radius 2 is 1.70 bits per heavy atom. The van der Waals surface area contributed by atoms with Gasteiger partial charge in [-0.2, -0.15) is 0 Å². The highest BCUT2D eigenvalue weighted by molar-refractivity contribution is 6.03. The predicted molar refractivity (Wildman–Crippen MR) is 148 cm³/mol. The molecule has 2 aliphatic heterocycles. The van der Waals surface area contributed by atoms with Crippen LogP contribution in [0.5, 0.6) is 0 Å². The first kappa shape index (κ1) is 28.3. The minimum Gasteiger partial charge on any atom is -0.423 e. The third-order valence-corrected chi connectivity index (χ3v) is 12.9. The predicted octanol–water partition coefficient (Wildman–Crippen LogP) is 5.56. The quantitative estimate of drug-likeness (QED) is 0.326. The number of rotatable bonds is 2. The number of ketones is 2. The van der Waals surface area contributed by atoms with Crippen molar-refractivity contribution in [1.82, 2.24) is 0 Å². The summed E-state index contributed by atoms with van der Waals surface area (Å²) < 4.78 is 25.3. The Kier molecular flexibility index (Phi) is 5.78. The van der Waals surface area contributed by atoms with E-state index in [-0.39, 0.29) is 64.0 Å². The minimum atomic E-state index is -0.855. The van der Waals surface area contributed by atoms with Crippen molar-refractivity contribution in [2.45, 2.75) is 112 Å². The van der Waals surface area contributed by atoms with E-state index in [2.05, 4.69) is 47.6 Å². The van der Waals surface area contributed by atoms with E-state index in [1.54, 1.807) is 13.2 Å². The van der Waals surface area contributed by atoms with Crippen LogP contribution in [0.4, 0.5) is 0 Å². The van der Waals surface area contributed by atoms with E-state index in [0.717, 1.165) is 18.4 Å². The number of ether oxygens (including phenoxy) is 4. The fourth-order valence-corrected chi connectivity index (χ4v) is 10.6. The molecule has 40 heavy (non-hydrogen) atoms. The summed E-state index contributed by atoms with van der Waals surface area (Å²) in [5.41, 5.74) is -1.62. The molecule has 6 rings (SSSR count). The highest BCUT2D eigenvalue weighted by Gasteiger charge is 2.75. The standard InChI is InChI=1S/C33H46O7/c1-17-26-22(39-25-16-33(17,37-10)40-29(25,5)6)14-30(7)23-12-11-19-20(32(23,9)24(35)15-31(26,30)8)13-21(38-18(2)34)27(36)28(19,3)4/h11,13,17,20,22-23,25-26H,12,14-16H2,1-10H3/t17-,20+,22+,23-,25-,26+,30-,31+,32-,33-/m0/s1. The zero-order valence-electron chi connectivity index (χ0n) is 25.8. The molecule has 4 aliphatic carbocycles. The molecule has 0 amide bonds. The van der Waals surface area contributed by atoms with Crippen molar-refractivity contribution in [3.63, 3.8) is 0 Å². The fourth-order valence-electron chi connectivity index (χ4n) is 10.6. The first-order chi connectivity index (χ1) is 18.4. The van der Waals surface area contributed by atoms with Crippen LogP contribution < -0.4 is 0 Å². The number of fused-ring (bicyclic) bond motifs is 9. The molecule has 0 N–H and O–H groups in total. The maximum atomic E-state index is 14.6. The van der Waals surface area contributed by atoms with Crippen molar-refractivity contribution < 1.29 is 33.3 Å². The zero-order chi connectivity index (χ0) is 29.4. The smallest absolute Gasteiger partial charge is 0.308 e. The van der Waals surface area contributed by atoms with Gasteiger partial charge in [0.1, 0.15) is 5.78 Å². The van der Waals surface area contributed by atoms with Crippen molar-refractivity contribution in [2.75, 3.05) is 7.11 Å². The third-order valence-electron chi connectivity index (χ3n) is 12.9. The molecule has 220 valence electrons. The van der Waals surface area contributed by atoms with Crippen LogP contribution in [0, 0.1) is 45.3 Å². The summed E-state index contributed by atoms with van der Waals surface area (Å²) in [6.45, 7) is 18.3. The van der Waals surface area contributed by atoms with Crippen molar-refractivity contribution in [1.29, 1.82) is 0 Å². The molecule has 2 saturated heterocycles. The summed E-state index contributed by atoms with van der Waals surface area (Å²) in [5.74, 6) is -1.35. The van der Waals surface area contributed by atoms with Gasteiger partial charge >= 0.3 is 5.97 Å². The Bertz CT molecular complexity index is 1260. The summed E-state index contributed by atoms with van der Waals surface area (Å²) in [6.07, 6.45) is 6.59. The monoisotopic (exact) mass is 554 g/mol. The molecule has 0 radical (unpaired) electrons. The van der Waals surface area contributed by atoms with Gasteiger partial charge in [-0.05, 0) is 69.3 Å². The number of methoxy groups -OCH3 is 1. The molecule has 2 saturated carbocycles. The average molecular weight is 555 g/mol. The lowest BCUT2D eigenvalue weighted by Crippen LogP contribution is -2.63. The van der Waals surface area contributed by atoms with E-state index in [9.17, 15) is 14.4 Å². The Hall–Kier alpha value is -1.83. The van der Waals surface area contributed by atoms with E-state index >= 15 is 0 Å². The van der Waals surface area contributed by atoms with Crippen LogP contribution in [0.25, 0.3) is 0 Å². The topological polar surface area (TPSA) is 88.1 Å². The number of carbonyl (C=O) groups excluding carboxylic acids is 3. The van der Waals surface area contributed by atoms with Gasteiger partial charge < -0.3 is 18.9 Å². The van der Waals surface area contributed by atoms with Gasteiger partial charge in [0.05, 0.1) is 23.2 Å². The number of esters is 1. The third kappa shape index (κ3) is 3.20. The molecule has 2 bridgehead atoms. The van der Waals surface area contributed by atoms with Gasteiger partial charge in [-0.25, -0.2) is 0 Å². The van der Waals surface area contributed by atoms with Crippen molar-refractivity contribution in [2.24, 2.45) is 45.3 Å². The van der Waals surface area contributed by atoms with E-state index in [0.29, 0.717) is 12.8 Å². The Morgan fingerprint density at radius 3 is 2.33 bits per heavy atom. The van der Waals surface area contributed by atoms with E-state index in [1.807, 2.05) is 13.8 Å². The molecule has 6 aliphatic rings. The second-order valence-corrected chi connectivity index (χ2v) is 15.3. The van der Waals surface area contributed by atoms with Gasteiger partial charge in [-0.3, -0.25) is 14.4 Å². The zero-order valence-corrected chi connectivity index (χ0v) is 25.8. The van der Waals surface area contributed by atoms with E-state index < -0.39 is 28.2 Å². The van der Waals surface area contributed by atoms with Gasteiger partial charge in [0.2, 0.25) is 5.78 Å². The van der Waals surface area contributed by atoms with Crippen LogP contribution in [0.2, 0.25) is 0 Å². The molecule has 0 aromatic heterocycles. The molecule has 0 aromatic rings. The van der Waals surface area contributed by atoms with Crippen LogP contribution in [0.1, 0.15) is 88.0 Å². The van der Waals surface area contributed by atoms with Gasteiger partial charge in [0, 0.05) is 44.1 Å². The highest BCUT2D eigenvalue weighted by atomic mass is 16.7. The molecule has 4 fully saturated rings. The first-order valence-electron chi connectivity index (χ1n) is 15.0. The molecule has 0 unspecified atom stereocenters. The minimum absolute atomic E-state index is 0.00718. The summed E-state index contributed by atoms with van der Waals surface area (Å²) in [5, 5.41) is 0. The molecule has 2 heterocycles. The number of carbonyl (C=O) groups is 3. The maximum absolute atomic E-state index is 14.6. The van der Waals surface area contributed by atoms with Crippen molar-refractivity contribution in [3.05, 3.63) is 23.5 Å². The van der Waals surface area contributed by atoms with Gasteiger partial charge in [0.25, 0.3) is 0 Å². The number of hydrogen-bond donors (Lipinski definition) is 0. The van der Waals surface area contributed by atoms with Crippen LogP contribution in [0.15, 0.2) is 23.5 Å². The average Bonchev–Trinajstić information content (AvgIpc) is 3.18. The van der Waals surface area contributed by atoms with Crippen molar-refractivity contribution >= 4 is 17.5 Å². The molecule has 0 aromatic carbocycles. The maximum Gasteiger partial charge on any atom is 0.308 e. The van der Waals surface area contributed by atoms with Crippen LogP contribution >= 0.6 is 0 Å². The Labute approximate surface area is 238 Å². The lowest BCUT2D eigenvalue weighted by molar-refractivity contribution is -0.287. The Morgan fingerprint density at radius 1 is 1.02 bits per heavy atom. The molecule has 7 nitrogen and oxygen atoms in total. The SMILES string of the molecule is CO[C@]12C[C@H](O[C@@H]3C[C@@]4(C)[C@@H]5CC=C6[C@@H](C=C(OC(C)=O)C(=O)C6(C)C)[C@]5(C)C(=O)C[C@]4(C)[C@@H]3[C@@H]1C)C(C)(C)O2. The summed E-state index contributed by atoms with van der Waals surface area (Å²) >= 11 is 0. The molecule has 0 spiro atoms. The lowest BCUT2D eigenvalue weighted by atomic mass is 9.39. The summed E-state index contributed by atoms with van der Waals surface area (Å²) in [7, 11) is 1.74. The van der Waals surface area contributed by atoms with E-state index in [4.69, 9.17) is 18.9 Å². The second-order valence-electron chi connectivity index (χ2n) is 15.3. The molecule has 10 atom stereocenters. The molecular formula is C33H46O7. The van der Waals surface area contributed by atoms with Crippen LogP contribution in [0.3, 0.4) is 0 Å². The number of hydrogen-bond acceptors (Lipinski definition) is 7. The number of allylic oxidation sites excluding steroid dienone is 4. The highest BCUT2D eigenvalue weighted by Crippen LogP contribution is 2.75. The van der Waals surface area contributed by atoms with Crippen LogP contribution in [-0.2, 0) is 33.3 Å². The fraction of sp³-hybridized carbons (Fsp3) is 0.788. The second kappa shape index (κ2) is 8.17. The van der Waals surface area contributed by atoms with Crippen molar-refractivity contribution in [3.8, 4) is 0 Å². The summed E-state index contributed by atoms with van der Waals surface area (Å²) in [4.78, 5) is 40.0. The lowest BCUT2D eigenvalue weighted by Gasteiger charge is -2.63. The largest absolute Gasteiger partial charge is 0.423 e. The van der Waals surface area contributed by atoms with Gasteiger partial charge in [-0.15, -0.1) is 0 Å². The normalized spacial score (nSPS) is 50.0.